The van der Waals surface area contributed by atoms with Gasteiger partial charge in [0.15, 0.2) is 0 Å². The van der Waals surface area contributed by atoms with Crippen LogP contribution in [0.4, 0.5) is 0 Å². The minimum absolute atomic E-state index is 0.0863. The third kappa shape index (κ3) is 3.67. The summed E-state index contributed by atoms with van der Waals surface area (Å²) < 4.78 is 0. The molecule has 1 rings (SSSR count). The van der Waals surface area contributed by atoms with Gasteiger partial charge in [-0.05, 0) is 29.5 Å². The maximum Gasteiger partial charge on any atom is 0.0453 e. The van der Waals surface area contributed by atoms with Crippen molar-refractivity contribution in [1.82, 2.24) is 0 Å². The molecule has 0 bridgehead atoms. The van der Waals surface area contributed by atoms with Crippen LogP contribution in [0.5, 0.6) is 0 Å². The SMILES string of the molecule is CC(C)(C)C(N)Cc1ccc(Cl)cc1Cl. The van der Waals surface area contributed by atoms with Gasteiger partial charge in [-0.3, -0.25) is 0 Å². The zero-order chi connectivity index (χ0) is 11.6. The Morgan fingerprint density at radius 3 is 2.33 bits per heavy atom. The summed E-state index contributed by atoms with van der Waals surface area (Å²) >= 11 is 11.9. The largest absolute Gasteiger partial charge is 0.327 e. The van der Waals surface area contributed by atoms with Crippen molar-refractivity contribution in [1.29, 1.82) is 0 Å². The molecule has 0 aliphatic carbocycles. The highest BCUT2D eigenvalue weighted by Gasteiger charge is 2.21. The van der Waals surface area contributed by atoms with Crippen molar-refractivity contribution in [3.63, 3.8) is 0 Å². The fourth-order valence-electron chi connectivity index (χ4n) is 1.23. The summed E-state index contributed by atoms with van der Waals surface area (Å²) in [6.07, 6.45) is 0.777. The van der Waals surface area contributed by atoms with Gasteiger partial charge in [0.2, 0.25) is 0 Å². The van der Waals surface area contributed by atoms with E-state index in [0.29, 0.717) is 10.0 Å². The van der Waals surface area contributed by atoms with Gasteiger partial charge in [-0.1, -0.05) is 50.0 Å². The molecule has 0 amide bonds. The Bertz CT molecular complexity index is 342. The van der Waals surface area contributed by atoms with Gasteiger partial charge in [-0.25, -0.2) is 0 Å². The molecule has 84 valence electrons. The van der Waals surface area contributed by atoms with Crippen LogP contribution in [-0.4, -0.2) is 6.04 Å². The molecule has 0 aliphatic rings. The van der Waals surface area contributed by atoms with E-state index in [4.69, 9.17) is 28.9 Å². The standard InChI is InChI=1S/C12H17Cl2N/c1-12(2,3)11(15)6-8-4-5-9(13)7-10(8)14/h4-5,7,11H,6,15H2,1-3H3. The smallest absolute Gasteiger partial charge is 0.0453 e. The van der Waals surface area contributed by atoms with Crippen LogP contribution in [0, 0.1) is 5.41 Å². The molecule has 1 atom stereocenters. The number of rotatable bonds is 2. The average molecular weight is 246 g/mol. The second-order valence-corrected chi connectivity index (χ2v) is 5.76. The van der Waals surface area contributed by atoms with Gasteiger partial charge in [0.05, 0.1) is 0 Å². The van der Waals surface area contributed by atoms with Crippen molar-refractivity contribution >= 4 is 23.2 Å². The number of benzene rings is 1. The highest BCUT2D eigenvalue weighted by molar-refractivity contribution is 6.35. The summed E-state index contributed by atoms with van der Waals surface area (Å²) in [6, 6.07) is 5.64. The van der Waals surface area contributed by atoms with Gasteiger partial charge in [0.1, 0.15) is 0 Å². The first kappa shape index (κ1) is 12.8. The van der Waals surface area contributed by atoms with Gasteiger partial charge >= 0.3 is 0 Å². The molecule has 0 saturated carbocycles. The van der Waals surface area contributed by atoms with Crippen LogP contribution >= 0.6 is 23.2 Å². The molecule has 0 radical (unpaired) electrons. The van der Waals surface area contributed by atoms with E-state index in [0.717, 1.165) is 12.0 Å². The van der Waals surface area contributed by atoms with Gasteiger partial charge in [0, 0.05) is 16.1 Å². The molecule has 1 nitrogen and oxygen atoms in total. The van der Waals surface area contributed by atoms with Crippen LogP contribution in [0.25, 0.3) is 0 Å². The van der Waals surface area contributed by atoms with Crippen molar-refractivity contribution < 1.29 is 0 Å². The van der Waals surface area contributed by atoms with Crippen LogP contribution in [-0.2, 0) is 6.42 Å². The van der Waals surface area contributed by atoms with Crippen molar-refractivity contribution in [2.75, 3.05) is 0 Å². The van der Waals surface area contributed by atoms with Gasteiger partial charge < -0.3 is 5.73 Å². The van der Waals surface area contributed by atoms with E-state index in [-0.39, 0.29) is 11.5 Å². The highest BCUT2D eigenvalue weighted by atomic mass is 35.5. The Morgan fingerprint density at radius 1 is 1.27 bits per heavy atom. The molecule has 1 aromatic carbocycles. The summed E-state index contributed by atoms with van der Waals surface area (Å²) in [5.41, 5.74) is 7.24. The predicted molar refractivity (Wildman–Crippen MR) is 67.6 cm³/mol. The van der Waals surface area contributed by atoms with Gasteiger partial charge in [-0.2, -0.15) is 0 Å². The molecule has 2 N–H and O–H groups in total. The van der Waals surface area contributed by atoms with E-state index < -0.39 is 0 Å². The van der Waals surface area contributed by atoms with Gasteiger partial charge in [-0.15, -0.1) is 0 Å². The Morgan fingerprint density at radius 2 is 1.87 bits per heavy atom. The highest BCUT2D eigenvalue weighted by Crippen LogP contribution is 2.26. The molecule has 3 heteroatoms. The molecule has 0 saturated heterocycles. The second-order valence-electron chi connectivity index (χ2n) is 4.91. The quantitative estimate of drug-likeness (QED) is 0.841. The normalized spacial score (nSPS) is 14.0. The Labute approximate surface area is 102 Å². The summed E-state index contributed by atoms with van der Waals surface area (Å²) in [5.74, 6) is 0. The van der Waals surface area contributed by atoms with Crippen molar-refractivity contribution in [2.24, 2.45) is 11.1 Å². The lowest BCUT2D eigenvalue weighted by Crippen LogP contribution is -2.36. The zero-order valence-electron chi connectivity index (χ0n) is 9.35. The molecular weight excluding hydrogens is 229 g/mol. The van der Waals surface area contributed by atoms with E-state index in [2.05, 4.69) is 20.8 Å². The van der Waals surface area contributed by atoms with E-state index >= 15 is 0 Å². The average Bonchev–Trinajstić information content (AvgIpc) is 2.08. The fourth-order valence-corrected chi connectivity index (χ4v) is 1.72. The van der Waals surface area contributed by atoms with E-state index in [1.165, 1.54) is 0 Å². The Kier molecular flexibility index (Phi) is 4.05. The summed E-state index contributed by atoms with van der Waals surface area (Å²) in [7, 11) is 0. The van der Waals surface area contributed by atoms with Crippen LogP contribution in [0.15, 0.2) is 18.2 Å². The van der Waals surface area contributed by atoms with Crippen molar-refractivity contribution in [2.45, 2.75) is 33.2 Å². The second kappa shape index (κ2) is 4.73. The maximum absolute atomic E-state index is 6.10. The fraction of sp³-hybridized carbons (Fsp3) is 0.500. The van der Waals surface area contributed by atoms with E-state index in [1.54, 1.807) is 6.07 Å². The maximum atomic E-state index is 6.10. The van der Waals surface area contributed by atoms with Crippen molar-refractivity contribution in [3.8, 4) is 0 Å². The number of nitrogens with two attached hydrogens (primary N) is 1. The molecule has 1 unspecified atom stereocenters. The number of hydrogen-bond donors (Lipinski definition) is 1. The lowest BCUT2D eigenvalue weighted by Gasteiger charge is -2.27. The first-order valence-electron chi connectivity index (χ1n) is 5.00. The molecule has 0 heterocycles. The minimum atomic E-state index is 0.0863. The molecule has 15 heavy (non-hydrogen) atoms. The molecule has 0 spiro atoms. The molecule has 0 aromatic heterocycles. The van der Waals surface area contributed by atoms with Crippen molar-refractivity contribution in [3.05, 3.63) is 33.8 Å². The lowest BCUT2D eigenvalue weighted by molar-refractivity contribution is 0.318. The monoisotopic (exact) mass is 245 g/mol. The lowest BCUT2D eigenvalue weighted by atomic mass is 9.84. The first-order valence-corrected chi connectivity index (χ1v) is 5.76. The summed E-state index contributed by atoms with van der Waals surface area (Å²) in [5, 5.41) is 1.36. The zero-order valence-corrected chi connectivity index (χ0v) is 10.9. The Balaban J connectivity index is 2.82. The molecule has 1 aromatic rings. The van der Waals surface area contributed by atoms with Gasteiger partial charge in [0.25, 0.3) is 0 Å². The van der Waals surface area contributed by atoms with E-state index in [9.17, 15) is 0 Å². The van der Waals surface area contributed by atoms with Crippen LogP contribution < -0.4 is 5.73 Å². The molecule has 0 fully saturated rings. The number of halogens is 2. The Hall–Kier alpha value is -0.240. The van der Waals surface area contributed by atoms with Crippen LogP contribution in [0.1, 0.15) is 26.3 Å². The first-order chi connectivity index (χ1) is 6.80. The van der Waals surface area contributed by atoms with Crippen LogP contribution in [0.2, 0.25) is 10.0 Å². The third-order valence-electron chi connectivity index (χ3n) is 2.57. The van der Waals surface area contributed by atoms with Crippen LogP contribution in [0.3, 0.4) is 0 Å². The summed E-state index contributed by atoms with van der Waals surface area (Å²) in [6.45, 7) is 6.38. The number of hydrogen-bond acceptors (Lipinski definition) is 1. The topological polar surface area (TPSA) is 26.0 Å². The minimum Gasteiger partial charge on any atom is -0.327 e. The predicted octanol–water partition coefficient (Wildman–Crippen LogP) is 3.91. The molecule has 0 aliphatic heterocycles. The van der Waals surface area contributed by atoms with E-state index in [1.807, 2.05) is 12.1 Å². The molecular formula is C12H17Cl2N. The third-order valence-corrected chi connectivity index (χ3v) is 3.15. The summed E-state index contributed by atoms with van der Waals surface area (Å²) in [4.78, 5) is 0.